The Morgan fingerprint density at radius 1 is 1.00 bits per heavy atom. The van der Waals surface area contributed by atoms with Gasteiger partial charge in [-0.3, -0.25) is 4.79 Å². The second-order valence-electron chi connectivity index (χ2n) is 7.03. The number of nitrogens with zero attached hydrogens (tertiary/aromatic N) is 3. The Balaban J connectivity index is 1.65. The van der Waals surface area contributed by atoms with Crippen molar-refractivity contribution in [3.05, 3.63) is 108 Å². The second kappa shape index (κ2) is 8.66. The van der Waals surface area contributed by atoms with E-state index in [1.165, 1.54) is 6.21 Å². The Morgan fingerprint density at radius 3 is 2.19 bits per heavy atom. The molecule has 2 N–H and O–H groups in total. The van der Waals surface area contributed by atoms with E-state index in [1.807, 2.05) is 47.2 Å². The molecule has 0 aliphatic carbocycles. The van der Waals surface area contributed by atoms with E-state index in [-0.39, 0.29) is 6.54 Å². The molecule has 152 valence electrons. The Morgan fingerprint density at radius 2 is 1.58 bits per heavy atom. The van der Waals surface area contributed by atoms with E-state index in [0.29, 0.717) is 11.1 Å². The molecule has 1 aromatic heterocycles. The number of nitrogens with one attached hydrogen (secondary N) is 1. The van der Waals surface area contributed by atoms with Gasteiger partial charge in [0.05, 0.1) is 12.3 Å². The van der Waals surface area contributed by atoms with Crippen molar-refractivity contribution in [1.29, 1.82) is 5.26 Å². The maximum absolute atomic E-state index is 13.1. The number of benzene rings is 3. The van der Waals surface area contributed by atoms with Crippen LogP contribution in [0.25, 0.3) is 10.9 Å². The predicted molar refractivity (Wildman–Crippen MR) is 119 cm³/mol. The van der Waals surface area contributed by atoms with Crippen molar-refractivity contribution < 1.29 is 9.90 Å². The summed E-state index contributed by atoms with van der Waals surface area (Å²) < 4.78 is 1.82. The van der Waals surface area contributed by atoms with Crippen LogP contribution in [0, 0.1) is 11.3 Å². The molecule has 0 bridgehead atoms. The van der Waals surface area contributed by atoms with Crippen molar-refractivity contribution in [2.45, 2.75) is 12.1 Å². The molecule has 0 fully saturated rings. The predicted octanol–water partition coefficient (Wildman–Crippen LogP) is 3.55. The minimum absolute atomic E-state index is 0.211. The van der Waals surface area contributed by atoms with Crippen molar-refractivity contribution in [2.75, 3.05) is 0 Å². The maximum Gasteiger partial charge on any atom is 0.281 e. The Bertz CT molecular complexity index is 1230. The van der Waals surface area contributed by atoms with Gasteiger partial charge in [-0.1, -0.05) is 78.9 Å². The molecule has 3 aromatic carbocycles. The molecule has 1 heterocycles. The maximum atomic E-state index is 13.1. The van der Waals surface area contributed by atoms with Crippen molar-refractivity contribution in [2.24, 2.45) is 5.10 Å². The fourth-order valence-corrected chi connectivity index (χ4v) is 3.61. The molecule has 31 heavy (non-hydrogen) atoms. The molecule has 0 atom stereocenters. The van der Waals surface area contributed by atoms with Crippen LogP contribution in [0.1, 0.15) is 16.7 Å². The summed E-state index contributed by atoms with van der Waals surface area (Å²) >= 11 is 0. The third-order valence-corrected chi connectivity index (χ3v) is 5.14. The van der Waals surface area contributed by atoms with Gasteiger partial charge in [0.25, 0.3) is 5.91 Å². The number of hydrogen-bond acceptors (Lipinski definition) is 4. The molecule has 4 aromatic rings. The SMILES string of the molecule is N#CCn1cc(C=NNC(=O)C(O)(c2ccccc2)c2ccccc2)c2ccccc21. The van der Waals surface area contributed by atoms with E-state index in [2.05, 4.69) is 16.6 Å². The summed E-state index contributed by atoms with van der Waals surface area (Å²) in [6.45, 7) is 0.211. The number of para-hydroxylation sites is 1. The zero-order valence-electron chi connectivity index (χ0n) is 16.6. The van der Waals surface area contributed by atoms with Gasteiger partial charge < -0.3 is 9.67 Å². The first-order chi connectivity index (χ1) is 15.1. The lowest BCUT2D eigenvalue weighted by Gasteiger charge is -2.27. The Hall–Kier alpha value is -4.21. The van der Waals surface area contributed by atoms with Crippen LogP contribution < -0.4 is 5.43 Å². The number of fused-ring (bicyclic) bond motifs is 1. The van der Waals surface area contributed by atoms with Crippen LogP contribution >= 0.6 is 0 Å². The molecular weight excluding hydrogens is 388 g/mol. The molecule has 0 spiro atoms. The van der Waals surface area contributed by atoms with Crippen molar-refractivity contribution >= 4 is 23.0 Å². The summed E-state index contributed by atoms with van der Waals surface area (Å²) in [5.74, 6) is -0.665. The fraction of sp³-hybridized carbons (Fsp3) is 0.0800. The van der Waals surface area contributed by atoms with Crippen molar-refractivity contribution in [3.8, 4) is 6.07 Å². The standard InChI is InChI=1S/C25H20N4O2/c26-15-16-29-18-19(22-13-7-8-14-23(22)29)17-27-28-24(30)25(31,20-9-3-1-4-10-20)21-11-5-2-6-12-21/h1-14,17-18,31H,16H2,(H,28,30). The van der Waals surface area contributed by atoms with Gasteiger partial charge in [-0.15, -0.1) is 0 Å². The van der Waals surface area contributed by atoms with Gasteiger partial charge in [0.2, 0.25) is 0 Å². The van der Waals surface area contributed by atoms with Gasteiger partial charge in [-0.05, 0) is 17.2 Å². The normalized spacial score (nSPS) is 11.5. The van der Waals surface area contributed by atoms with Crippen LogP contribution in [0.3, 0.4) is 0 Å². The minimum atomic E-state index is -1.89. The highest BCUT2D eigenvalue weighted by atomic mass is 16.3. The lowest BCUT2D eigenvalue weighted by atomic mass is 9.85. The number of nitriles is 1. The average molecular weight is 408 g/mol. The quantitative estimate of drug-likeness (QED) is 0.378. The van der Waals surface area contributed by atoms with Crippen molar-refractivity contribution in [3.63, 3.8) is 0 Å². The summed E-state index contributed by atoms with van der Waals surface area (Å²) in [4.78, 5) is 13.1. The van der Waals surface area contributed by atoms with Crippen LogP contribution in [0.15, 0.2) is 96.2 Å². The highest BCUT2D eigenvalue weighted by molar-refractivity contribution is 6.00. The molecule has 0 saturated carbocycles. The van der Waals surface area contributed by atoms with Crippen LogP contribution in [-0.2, 0) is 16.9 Å². The summed E-state index contributed by atoms with van der Waals surface area (Å²) in [6.07, 6.45) is 3.33. The first-order valence-corrected chi connectivity index (χ1v) is 9.76. The summed E-state index contributed by atoms with van der Waals surface area (Å²) in [5.41, 5.74) is 3.14. The van der Waals surface area contributed by atoms with E-state index in [4.69, 9.17) is 5.26 Å². The molecule has 4 rings (SSSR count). The molecule has 0 saturated heterocycles. The number of rotatable bonds is 6. The molecule has 0 aliphatic rings. The Labute approximate surface area is 179 Å². The van der Waals surface area contributed by atoms with Gasteiger partial charge >= 0.3 is 0 Å². The van der Waals surface area contributed by atoms with Crippen LogP contribution in [0.4, 0.5) is 0 Å². The topological polar surface area (TPSA) is 90.4 Å². The number of carbonyl (C=O) groups excluding carboxylic acids is 1. The number of hydrazone groups is 1. The largest absolute Gasteiger partial charge is 0.372 e. The smallest absolute Gasteiger partial charge is 0.281 e. The first kappa shape index (κ1) is 20.1. The highest BCUT2D eigenvalue weighted by Crippen LogP contribution is 2.30. The van der Waals surface area contributed by atoms with Gasteiger partial charge in [0.15, 0.2) is 5.60 Å². The molecule has 0 radical (unpaired) electrons. The average Bonchev–Trinajstić information content (AvgIpc) is 3.17. The molecular formula is C25H20N4O2. The molecule has 0 aliphatic heterocycles. The molecule has 0 unspecified atom stereocenters. The van der Waals surface area contributed by atoms with E-state index in [1.54, 1.807) is 48.5 Å². The number of carbonyl (C=O) groups is 1. The molecule has 6 nitrogen and oxygen atoms in total. The molecule has 6 heteroatoms. The number of amides is 1. The van der Waals surface area contributed by atoms with E-state index >= 15 is 0 Å². The zero-order chi connectivity index (χ0) is 21.7. The number of hydrogen-bond donors (Lipinski definition) is 2. The minimum Gasteiger partial charge on any atom is -0.372 e. The Kier molecular flexibility index (Phi) is 5.61. The monoisotopic (exact) mass is 408 g/mol. The van der Waals surface area contributed by atoms with Gasteiger partial charge in [-0.2, -0.15) is 10.4 Å². The van der Waals surface area contributed by atoms with Crippen LogP contribution in [0.2, 0.25) is 0 Å². The summed E-state index contributed by atoms with van der Waals surface area (Å²) in [6, 6.07) is 27.3. The van der Waals surface area contributed by atoms with E-state index in [9.17, 15) is 9.90 Å². The molecule has 1 amide bonds. The number of aromatic nitrogens is 1. The summed E-state index contributed by atoms with van der Waals surface area (Å²) in [7, 11) is 0. The third kappa shape index (κ3) is 3.82. The van der Waals surface area contributed by atoms with E-state index in [0.717, 1.165) is 16.5 Å². The van der Waals surface area contributed by atoms with E-state index < -0.39 is 11.5 Å². The fourth-order valence-electron chi connectivity index (χ4n) is 3.61. The first-order valence-electron chi connectivity index (χ1n) is 9.76. The zero-order valence-corrected chi connectivity index (χ0v) is 16.6. The van der Waals surface area contributed by atoms with Gasteiger partial charge in [-0.25, -0.2) is 5.43 Å². The number of aliphatic hydroxyl groups is 1. The second-order valence-corrected chi connectivity index (χ2v) is 7.03. The van der Waals surface area contributed by atoms with Gasteiger partial charge in [0, 0.05) is 22.7 Å². The van der Waals surface area contributed by atoms with Crippen LogP contribution in [-0.4, -0.2) is 21.8 Å². The summed E-state index contributed by atoms with van der Waals surface area (Å²) in [5, 5.41) is 25.5. The van der Waals surface area contributed by atoms with Crippen molar-refractivity contribution in [1.82, 2.24) is 9.99 Å². The third-order valence-electron chi connectivity index (χ3n) is 5.14. The van der Waals surface area contributed by atoms with Gasteiger partial charge in [0.1, 0.15) is 6.54 Å². The van der Waals surface area contributed by atoms with Crippen LogP contribution in [0.5, 0.6) is 0 Å². The lowest BCUT2D eigenvalue weighted by molar-refractivity contribution is -0.136. The highest BCUT2D eigenvalue weighted by Gasteiger charge is 2.39. The lowest BCUT2D eigenvalue weighted by Crippen LogP contribution is -2.43.